The topological polar surface area (TPSA) is 169 Å². The Morgan fingerprint density at radius 2 is 1.18 bits per heavy atom. The molecule has 0 bridgehead atoms. The molecule has 0 aromatic heterocycles. The SMILES string of the molecule is NCCN.O=S(=O)([O-])[O-].[NH4+].[Pd]. The van der Waals surface area contributed by atoms with Crippen molar-refractivity contribution in [2.75, 3.05) is 13.1 Å². The van der Waals surface area contributed by atoms with Gasteiger partial charge in [0.15, 0.2) is 0 Å². The zero-order valence-electron chi connectivity index (χ0n) is 5.93. The monoisotopic (exact) mass is 280 g/mol. The summed E-state index contributed by atoms with van der Waals surface area (Å²) in [7, 11) is -5.17. The molecule has 0 amide bonds. The van der Waals surface area contributed by atoms with Crippen LogP contribution in [0, 0.1) is 0 Å². The van der Waals surface area contributed by atoms with Gasteiger partial charge < -0.3 is 26.7 Å². The summed E-state index contributed by atoms with van der Waals surface area (Å²) in [6.45, 7) is 1.19. The van der Waals surface area contributed by atoms with Gasteiger partial charge in [0.25, 0.3) is 0 Å². The zero-order chi connectivity index (χ0) is 7.91. The van der Waals surface area contributed by atoms with Gasteiger partial charge in [-0.2, -0.15) is 0 Å². The molecule has 0 aliphatic heterocycles. The predicted octanol–water partition coefficient (Wildman–Crippen LogP) is -2.06. The van der Waals surface area contributed by atoms with Crippen LogP contribution in [0.25, 0.3) is 0 Å². The van der Waals surface area contributed by atoms with E-state index in [1.165, 1.54) is 0 Å². The van der Waals surface area contributed by atoms with Crippen LogP contribution in [0.2, 0.25) is 0 Å². The van der Waals surface area contributed by atoms with Gasteiger partial charge in [0, 0.05) is 43.9 Å². The fourth-order valence-electron chi connectivity index (χ4n) is 0. The van der Waals surface area contributed by atoms with Crippen molar-refractivity contribution in [3.05, 3.63) is 0 Å². The van der Waals surface area contributed by atoms with E-state index in [4.69, 9.17) is 29.0 Å². The fourth-order valence-corrected chi connectivity index (χ4v) is 0. The molecule has 0 saturated heterocycles. The molecule has 0 fully saturated rings. The molecule has 0 aromatic rings. The van der Waals surface area contributed by atoms with Crippen LogP contribution in [-0.2, 0) is 30.8 Å². The van der Waals surface area contributed by atoms with E-state index in [0.29, 0.717) is 13.1 Å². The second-order valence-electron chi connectivity index (χ2n) is 0.986. The van der Waals surface area contributed by atoms with Crippen LogP contribution in [0.4, 0.5) is 0 Å². The Morgan fingerprint density at radius 1 is 1.09 bits per heavy atom. The van der Waals surface area contributed by atoms with Gasteiger partial charge in [-0.1, -0.05) is 0 Å². The smallest absolute Gasteiger partial charge is 0.0311 e. The van der Waals surface area contributed by atoms with Gasteiger partial charge >= 0.3 is 0 Å². The Bertz CT molecular complexity index is 126. The maximum Gasteiger partial charge on any atom is 0.0311 e. The molecule has 0 spiro atoms. The quantitative estimate of drug-likeness (QED) is 0.283. The number of hydrogen-bond donors (Lipinski definition) is 3. The number of quaternary nitrogens is 1. The van der Waals surface area contributed by atoms with Gasteiger partial charge in [0.2, 0.25) is 0 Å². The zero-order valence-corrected chi connectivity index (χ0v) is 8.30. The summed E-state index contributed by atoms with van der Waals surface area (Å²) in [6, 6.07) is 0. The Kier molecular flexibility index (Phi) is 26.7. The molecule has 0 aromatic carbocycles. The Morgan fingerprint density at radius 3 is 1.18 bits per heavy atom. The van der Waals surface area contributed by atoms with Crippen molar-refractivity contribution in [1.29, 1.82) is 0 Å². The van der Waals surface area contributed by atoms with Crippen LogP contribution in [0.1, 0.15) is 0 Å². The first kappa shape index (κ1) is 22.5. The average molecular weight is 281 g/mol. The van der Waals surface area contributed by atoms with E-state index in [1.807, 2.05) is 0 Å². The minimum absolute atomic E-state index is 0. The van der Waals surface area contributed by atoms with Gasteiger partial charge in [-0.15, -0.1) is 0 Å². The van der Waals surface area contributed by atoms with Crippen molar-refractivity contribution in [2.24, 2.45) is 11.5 Å². The molecule has 8 N–H and O–H groups in total. The van der Waals surface area contributed by atoms with E-state index in [0.717, 1.165) is 0 Å². The summed E-state index contributed by atoms with van der Waals surface area (Å²) in [6.07, 6.45) is 0. The van der Waals surface area contributed by atoms with Crippen molar-refractivity contribution in [3.63, 3.8) is 0 Å². The summed E-state index contributed by atoms with van der Waals surface area (Å²) in [5.41, 5.74) is 9.81. The first-order valence-electron chi connectivity index (χ1n) is 1.98. The third kappa shape index (κ3) is 369. The van der Waals surface area contributed by atoms with Gasteiger partial charge in [-0.3, -0.25) is 8.42 Å². The third-order valence-corrected chi connectivity index (χ3v) is 0.167. The summed E-state index contributed by atoms with van der Waals surface area (Å²) < 4.78 is 34.1. The van der Waals surface area contributed by atoms with E-state index >= 15 is 0 Å². The second kappa shape index (κ2) is 13.0. The van der Waals surface area contributed by atoms with Crippen LogP contribution in [-0.4, -0.2) is 30.6 Å². The summed E-state index contributed by atoms with van der Waals surface area (Å²) in [4.78, 5) is 0. The maximum absolute atomic E-state index is 8.52. The molecule has 0 atom stereocenters. The Labute approximate surface area is 79.3 Å². The van der Waals surface area contributed by atoms with Crippen LogP contribution in [0.15, 0.2) is 0 Å². The average Bonchev–Trinajstić information content (AvgIpc) is 1.61. The molecule has 0 heterocycles. The molecule has 9 heteroatoms. The minimum Gasteiger partial charge on any atom is -0.759 e. The van der Waals surface area contributed by atoms with Crippen molar-refractivity contribution in [1.82, 2.24) is 6.15 Å². The third-order valence-electron chi connectivity index (χ3n) is 0.167. The molecule has 0 unspecified atom stereocenters. The van der Waals surface area contributed by atoms with E-state index in [1.54, 1.807) is 0 Å². The first-order valence-corrected chi connectivity index (χ1v) is 3.32. The Hall–Kier alpha value is 0.412. The Balaban J connectivity index is -0.0000000383. The van der Waals surface area contributed by atoms with Crippen LogP contribution >= 0.6 is 0 Å². The molecule has 7 nitrogen and oxygen atoms in total. The summed E-state index contributed by atoms with van der Waals surface area (Å²) in [5.74, 6) is 0. The second-order valence-corrected chi connectivity index (χ2v) is 1.80. The van der Waals surface area contributed by atoms with E-state index in [2.05, 4.69) is 0 Å². The van der Waals surface area contributed by atoms with E-state index < -0.39 is 10.4 Å². The maximum atomic E-state index is 8.52. The summed E-state index contributed by atoms with van der Waals surface area (Å²) >= 11 is 0. The van der Waals surface area contributed by atoms with Gasteiger partial charge in [0.05, 0.1) is 0 Å². The fraction of sp³-hybridized carbons (Fsp3) is 1.00. The normalized spacial score (nSPS) is 8.00. The van der Waals surface area contributed by atoms with Crippen molar-refractivity contribution in [2.45, 2.75) is 0 Å². The molecular formula is C2H12N3O4PdS-. The molecule has 11 heavy (non-hydrogen) atoms. The van der Waals surface area contributed by atoms with Crippen molar-refractivity contribution in [3.8, 4) is 0 Å². The largest absolute Gasteiger partial charge is 0.759 e. The van der Waals surface area contributed by atoms with Gasteiger partial charge in [-0.05, 0) is 0 Å². The first-order chi connectivity index (χ1) is 3.91. The van der Waals surface area contributed by atoms with E-state index in [-0.39, 0.29) is 26.6 Å². The molecule has 0 rings (SSSR count). The van der Waals surface area contributed by atoms with Gasteiger partial charge in [0.1, 0.15) is 0 Å². The number of rotatable bonds is 1. The van der Waals surface area contributed by atoms with Crippen molar-refractivity contribution >= 4 is 10.4 Å². The molecule has 0 aliphatic rings. The minimum atomic E-state index is -5.17. The van der Waals surface area contributed by atoms with Crippen molar-refractivity contribution < 1.29 is 37.9 Å². The van der Waals surface area contributed by atoms with E-state index in [9.17, 15) is 0 Å². The summed E-state index contributed by atoms with van der Waals surface area (Å²) in [5, 5.41) is 0. The molecule has 0 saturated carbocycles. The molecular weight excluding hydrogens is 269 g/mol. The van der Waals surface area contributed by atoms with Crippen LogP contribution in [0.5, 0.6) is 0 Å². The number of hydrogen-bond acceptors (Lipinski definition) is 6. The standard InChI is InChI=1S/C2H8N2.H3N.H2O4S.Pd/c3-1-2-4;;1-5(2,3)4;/h1-4H2;1H3;(H2,1,2,3,4);/p-1. The number of nitrogens with two attached hydrogens (primary N) is 2. The van der Waals surface area contributed by atoms with Crippen LogP contribution in [0.3, 0.4) is 0 Å². The predicted molar refractivity (Wildman–Crippen MR) is 34.6 cm³/mol. The van der Waals surface area contributed by atoms with Crippen LogP contribution < -0.4 is 17.6 Å². The molecule has 0 radical (unpaired) electrons. The molecule has 76 valence electrons. The van der Waals surface area contributed by atoms with Gasteiger partial charge in [-0.25, -0.2) is 0 Å². The molecule has 0 aliphatic carbocycles.